The van der Waals surface area contributed by atoms with Crippen molar-refractivity contribution >= 4 is 0 Å². The molecule has 1 aromatic heterocycles. The SMILES string of the molecule is CNC(CC1CCCO1)c1cnccc1C. The Kier molecular flexibility index (Phi) is 3.91. The summed E-state index contributed by atoms with van der Waals surface area (Å²) in [7, 11) is 2.01. The van der Waals surface area contributed by atoms with E-state index in [2.05, 4.69) is 23.3 Å². The van der Waals surface area contributed by atoms with Crippen molar-refractivity contribution in [2.24, 2.45) is 0 Å². The Bertz CT molecular complexity index is 334. The van der Waals surface area contributed by atoms with Gasteiger partial charge in [-0.25, -0.2) is 0 Å². The molecule has 1 N–H and O–H groups in total. The van der Waals surface area contributed by atoms with E-state index in [-0.39, 0.29) is 0 Å². The van der Waals surface area contributed by atoms with Gasteiger partial charge < -0.3 is 10.1 Å². The van der Waals surface area contributed by atoms with Crippen LogP contribution in [0, 0.1) is 6.92 Å². The molecule has 0 radical (unpaired) electrons. The fourth-order valence-electron chi connectivity index (χ4n) is 2.33. The fourth-order valence-corrected chi connectivity index (χ4v) is 2.33. The summed E-state index contributed by atoms with van der Waals surface area (Å²) in [5, 5.41) is 3.37. The van der Waals surface area contributed by atoms with Gasteiger partial charge in [0, 0.05) is 25.0 Å². The van der Waals surface area contributed by atoms with Gasteiger partial charge in [-0.2, -0.15) is 0 Å². The van der Waals surface area contributed by atoms with Crippen LogP contribution in [0.5, 0.6) is 0 Å². The molecular weight excluding hydrogens is 200 g/mol. The molecule has 16 heavy (non-hydrogen) atoms. The smallest absolute Gasteiger partial charge is 0.0594 e. The number of nitrogens with one attached hydrogen (secondary N) is 1. The Hall–Kier alpha value is -0.930. The standard InChI is InChI=1S/C13H20N2O/c1-10-5-6-15-9-12(10)13(14-2)8-11-4-3-7-16-11/h5-6,9,11,13-14H,3-4,7-8H2,1-2H3. The summed E-state index contributed by atoms with van der Waals surface area (Å²) < 4.78 is 5.69. The first kappa shape index (κ1) is 11.6. The van der Waals surface area contributed by atoms with Gasteiger partial charge in [0.05, 0.1) is 6.10 Å². The lowest BCUT2D eigenvalue weighted by Crippen LogP contribution is -2.23. The molecule has 0 aromatic carbocycles. The predicted octanol–water partition coefficient (Wildman–Crippen LogP) is 2.22. The fraction of sp³-hybridized carbons (Fsp3) is 0.615. The van der Waals surface area contributed by atoms with Crippen LogP contribution >= 0.6 is 0 Å². The summed E-state index contributed by atoms with van der Waals surface area (Å²) in [4.78, 5) is 4.21. The van der Waals surface area contributed by atoms with Gasteiger partial charge in [-0.1, -0.05) is 0 Å². The van der Waals surface area contributed by atoms with Gasteiger partial charge in [0.25, 0.3) is 0 Å². The van der Waals surface area contributed by atoms with Crippen molar-refractivity contribution in [1.82, 2.24) is 10.3 Å². The minimum atomic E-state index is 0.358. The van der Waals surface area contributed by atoms with Crippen molar-refractivity contribution in [3.8, 4) is 0 Å². The molecule has 88 valence electrons. The third-order valence-corrected chi connectivity index (χ3v) is 3.33. The lowest BCUT2D eigenvalue weighted by atomic mass is 9.97. The Morgan fingerprint density at radius 2 is 2.50 bits per heavy atom. The van der Waals surface area contributed by atoms with Crippen LogP contribution in [-0.4, -0.2) is 24.7 Å². The van der Waals surface area contributed by atoms with Crippen LogP contribution in [0.4, 0.5) is 0 Å². The van der Waals surface area contributed by atoms with E-state index in [1.807, 2.05) is 19.4 Å². The van der Waals surface area contributed by atoms with Crippen LogP contribution in [-0.2, 0) is 4.74 Å². The third-order valence-electron chi connectivity index (χ3n) is 3.33. The number of aromatic nitrogens is 1. The zero-order valence-electron chi connectivity index (χ0n) is 10.1. The van der Waals surface area contributed by atoms with E-state index in [0.29, 0.717) is 12.1 Å². The van der Waals surface area contributed by atoms with E-state index in [1.165, 1.54) is 24.0 Å². The Balaban J connectivity index is 2.06. The van der Waals surface area contributed by atoms with E-state index in [0.717, 1.165) is 13.0 Å². The number of aryl methyl sites for hydroxylation is 1. The maximum atomic E-state index is 5.69. The quantitative estimate of drug-likeness (QED) is 0.845. The molecule has 0 bridgehead atoms. The highest BCUT2D eigenvalue weighted by atomic mass is 16.5. The summed E-state index contributed by atoms with van der Waals surface area (Å²) in [6.45, 7) is 3.06. The van der Waals surface area contributed by atoms with Crippen LogP contribution in [0.15, 0.2) is 18.5 Å². The van der Waals surface area contributed by atoms with Crippen molar-refractivity contribution in [2.75, 3.05) is 13.7 Å². The molecule has 2 unspecified atom stereocenters. The molecule has 1 aliphatic rings. The van der Waals surface area contributed by atoms with Crippen molar-refractivity contribution < 1.29 is 4.74 Å². The molecule has 1 fully saturated rings. The lowest BCUT2D eigenvalue weighted by molar-refractivity contribution is 0.0953. The number of hydrogen-bond donors (Lipinski definition) is 1. The van der Waals surface area contributed by atoms with Gasteiger partial charge in [0.15, 0.2) is 0 Å². The molecule has 1 aliphatic heterocycles. The van der Waals surface area contributed by atoms with E-state index in [9.17, 15) is 0 Å². The number of ether oxygens (including phenoxy) is 1. The Morgan fingerprint density at radius 3 is 3.12 bits per heavy atom. The van der Waals surface area contributed by atoms with Crippen LogP contribution in [0.2, 0.25) is 0 Å². The second-order valence-electron chi connectivity index (χ2n) is 4.44. The maximum Gasteiger partial charge on any atom is 0.0594 e. The maximum absolute atomic E-state index is 5.69. The molecule has 1 aromatic rings. The van der Waals surface area contributed by atoms with Gasteiger partial charge in [-0.3, -0.25) is 4.98 Å². The van der Waals surface area contributed by atoms with Gasteiger partial charge in [0.2, 0.25) is 0 Å². The van der Waals surface area contributed by atoms with Crippen LogP contribution in [0.1, 0.15) is 36.4 Å². The van der Waals surface area contributed by atoms with E-state index >= 15 is 0 Å². The molecule has 2 atom stereocenters. The predicted molar refractivity (Wildman–Crippen MR) is 64.4 cm³/mol. The highest BCUT2D eigenvalue weighted by Crippen LogP contribution is 2.26. The molecule has 1 saturated heterocycles. The van der Waals surface area contributed by atoms with E-state index in [1.54, 1.807) is 0 Å². The average Bonchev–Trinajstić information content (AvgIpc) is 2.80. The largest absolute Gasteiger partial charge is 0.378 e. The van der Waals surface area contributed by atoms with Gasteiger partial charge >= 0.3 is 0 Å². The summed E-state index contributed by atoms with van der Waals surface area (Å²) in [5.41, 5.74) is 2.59. The van der Waals surface area contributed by atoms with E-state index < -0.39 is 0 Å². The highest BCUT2D eigenvalue weighted by molar-refractivity contribution is 5.25. The molecular formula is C13H20N2O. The van der Waals surface area contributed by atoms with Crippen LogP contribution < -0.4 is 5.32 Å². The highest BCUT2D eigenvalue weighted by Gasteiger charge is 2.21. The molecule has 2 rings (SSSR count). The topological polar surface area (TPSA) is 34.1 Å². The molecule has 3 heteroatoms. The summed E-state index contributed by atoms with van der Waals surface area (Å²) in [6, 6.07) is 2.42. The molecule has 0 aliphatic carbocycles. The Labute approximate surface area is 97.2 Å². The third kappa shape index (κ3) is 2.60. The van der Waals surface area contributed by atoms with Gasteiger partial charge in [0.1, 0.15) is 0 Å². The van der Waals surface area contributed by atoms with Crippen molar-refractivity contribution in [3.05, 3.63) is 29.6 Å². The normalized spacial score (nSPS) is 22.2. The first-order chi connectivity index (χ1) is 7.81. The molecule has 0 spiro atoms. The summed E-state index contributed by atoms with van der Waals surface area (Å²) in [6.07, 6.45) is 7.66. The van der Waals surface area contributed by atoms with E-state index in [4.69, 9.17) is 4.74 Å². The number of rotatable bonds is 4. The molecule has 0 amide bonds. The van der Waals surface area contributed by atoms with Crippen LogP contribution in [0.25, 0.3) is 0 Å². The second kappa shape index (κ2) is 5.41. The molecule has 0 saturated carbocycles. The minimum Gasteiger partial charge on any atom is -0.378 e. The first-order valence-electron chi connectivity index (χ1n) is 6.00. The molecule has 2 heterocycles. The number of hydrogen-bond acceptors (Lipinski definition) is 3. The monoisotopic (exact) mass is 220 g/mol. The molecule has 3 nitrogen and oxygen atoms in total. The summed E-state index contributed by atoms with van der Waals surface area (Å²) in [5.74, 6) is 0. The lowest BCUT2D eigenvalue weighted by Gasteiger charge is -2.21. The second-order valence-corrected chi connectivity index (χ2v) is 4.44. The number of nitrogens with zero attached hydrogens (tertiary/aromatic N) is 1. The zero-order chi connectivity index (χ0) is 11.4. The van der Waals surface area contributed by atoms with Crippen molar-refractivity contribution in [1.29, 1.82) is 0 Å². The van der Waals surface area contributed by atoms with Crippen molar-refractivity contribution in [3.63, 3.8) is 0 Å². The zero-order valence-corrected chi connectivity index (χ0v) is 10.1. The van der Waals surface area contributed by atoms with Gasteiger partial charge in [-0.15, -0.1) is 0 Å². The van der Waals surface area contributed by atoms with Crippen molar-refractivity contribution in [2.45, 2.75) is 38.3 Å². The summed E-state index contributed by atoms with van der Waals surface area (Å²) >= 11 is 0. The number of pyridine rings is 1. The van der Waals surface area contributed by atoms with Crippen LogP contribution in [0.3, 0.4) is 0 Å². The Morgan fingerprint density at radius 1 is 1.62 bits per heavy atom. The van der Waals surface area contributed by atoms with Gasteiger partial charge in [-0.05, 0) is 50.4 Å². The minimum absolute atomic E-state index is 0.358. The average molecular weight is 220 g/mol. The first-order valence-corrected chi connectivity index (χ1v) is 6.00.